The fraction of sp³-hybridized carbons (Fsp3) is 0.625. The highest BCUT2D eigenvalue weighted by Gasteiger charge is 2.40. The molecule has 3 rings (SSSR count). The third-order valence-electron chi connectivity index (χ3n) is 5.58. The second-order valence-electron chi connectivity index (χ2n) is 9.44. The summed E-state index contributed by atoms with van der Waals surface area (Å²) in [6, 6.07) is 1.78. The lowest BCUT2D eigenvalue weighted by molar-refractivity contribution is -0.162. The lowest BCUT2D eigenvalue weighted by Gasteiger charge is -2.20. The number of anilines is 1. The SMILES string of the molecule is COc1nc(NC(=O)C(C)C)nc2c1ccn2C1C[C@H](OC(=O)C(C)C)[C@@H](COC(=O)C(C)C)O1. The van der Waals surface area contributed by atoms with Crippen molar-refractivity contribution in [2.24, 2.45) is 17.8 Å². The summed E-state index contributed by atoms with van der Waals surface area (Å²) in [7, 11) is 1.49. The van der Waals surface area contributed by atoms with Crippen LogP contribution in [-0.4, -0.2) is 58.3 Å². The number of nitrogens with zero attached hydrogens (tertiary/aromatic N) is 3. The molecule has 1 N–H and O–H groups in total. The van der Waals surface area contributed by atoms with Crippen LogP contribution < -0.4 is 10.1 Å². The number of methoxy groups -OCH3 is 1. The van der Waals surface area contributed by atoms with Crippen molar-refractivity contribution in [2.75, 3.05) is 19.0 Å². The largest absolute Gasteiger partial charge is 0.480 e. The average Bonchev–Trinajstić information content (AvgIpc) is 3.40. The highest BCUT2D eigenvalue weighted by molar-refractivity contribution is 5.92. The van der Waals surface area contributed by atoms with Crippen molar-refractivity contribution in [3.63, 3.8) is 0 Å². The third kappa shape index (κ3) is 6.08. The molecule has 0 radical (unpaired) electrons. The van der Waals surface area contributed by atoms with Crippen LogP contribution in [0.2, 0.25) is 0 Å². The molecule has 11 nitrogen and oxygen atoms in total. The second kappa shape index (κ2) is 11.0. The van der Waals surface area contributed by atoms with Gasteiger partial charge in [0.1, 0.15) is 25.0 Å². The van der Waals surface area contributed by atoms with Crippen molar-refractivity contribution in [2.45, 2.75) is 66.4 Å². The summed E-state index contributed by atoms with van der Waals surface area (Å²) in [6.07, 6.45) is 0.271. The van der Waals surface area contributed by atoms with Crippen LogP contribution in [0.15, 0.2) is 12.3 Å². The number of aromatic nitrogens is 3. The lowest BCUT2D eigenvalue weighted by Crippen LogP contribution is -2.33. The molecular formula is C24H34N4O7. The number of nitrogens with one attached hydrogen (secondary N) is 1. The maximum absolute atomic E-state index is 12.3. The average molecular weight is 491 g/mol. The molecule has 1 unspecified atom stereocenters. The van der Waals surface area contributed by atoms with Gasteiger partial charge in [-0.2, -0.15) is 9.97 Å². The van der Waals surface area contributed by atoms with Gasteiger partial charge in [-0.15, -0.1) is 0 Å². The van der Waals surface area contributed by atoms with E-state index >= 15 is 0 Å². The second-order valence-corrected chi connectivity index (χ2v) is 9.44. The van der Waals surface area contributed by atoms with Gasteiger partial charge in [-0.05, 0) is 6.07 Å². The summed E-state index contributed by atoms with van der Waals surface area (Å²) in [5.41, 5.74) is 0.481. The summed E-state index contributed by atoms with van der Waals surface area (Å²) in [5, 5.41) is 3.32. The molecule has 1 fully saturated rings. The topological polar surface area (TPSA) is 131 Å². The molecule has 1 aliphatic rings. The number of hydrogen-bond donors (Lipinski definition) is 1. The number of hydrogen-bond acceptors (Lipinski definition) is 9. The maximum Gasteiger partial charge on any atom is 0.308 e. The summed E-state index contributed by atoms with van der Waals surface area (Å²) in [6.45, 7) is 10.5. The summed E-state index contributed by atoms with van der Waals surface area (Å²) in [4.78, 5) is 45.3. The Bertz CT molecular complexity index is 1080. The van der Waals surface area contributed by atoms with E-state index < -0.39 is 18.4 Å². The molecule has 11 heteroatoms. The molecule has 2 aromatic rings. The van der Waals surface area contributed by atoms with E-state index in [2.05, 4.69) is 15.3 Å². The monoisotopic (exact) mass is 490 g/mol. The van der Waals surface area contributed by atoms with Crippen LogP contribution in [0.3, 0.4) is 0 Å². The van der Waals surface area contributed by atoms with Gasteiger partial charge < -0.3 is 23.5 Å². The van der Waals surface area contributed by atoms with Crippen molar-refractivity contribution >= 4 is 34.8 Å². The van der Waals surface area contributed by atoms with Gasteiger partial charge in [0.25, 0.3) is 0 Å². The predicted octanol–water partition coefficient (Wildman–Crippen LogP) is 3.09. The van der Waals surface area contributed by atoms with E-state index in [0.717, 1.165) is 0 Å². The fourth-order valence-electron chi connectivity index (χ4n) is 3.47. The Morgan fingerprint density at radius 3 is 2.37 bits per heavy atom. The first-order chi connectivity index (χ1) is 16.5. The van der Waals surface area contributed by atoms with Gasteiger partial charge in [-0.25, -0.2) is 0 Å². The highest BCUT2D eigenvalue weighted by Crippen LogP contribution is 2.35. The summed E-state index contributed by atoms with van der Waals surface area (Å²) < 4.78 is 24.4. The molecule has 0 spiro atoms. The van der Waals surface area contributed by atoms with Crippen molar-refractivity contribution in [1.82, 2.24) is 14.5 Å². The van der Waals surface area contributed by atoms with Gasteiger partial charge in [0.05, 0.1) is 24.3 Å². The Balaban J connectivity index is 1.91. The third-order valence-corrected chi connectivity index (χ3v) is 5.58. The van der Waals surface area contributed by atoms with Gasteiger partial charge in [0, 0.05) is 18.5 Å². The lowest BCUT2D eigenvalue weighted by atomic mass is 10.1. The van der Waals surface area contributed by atoms with Crippen LogP contribution in [0.25, 0.3) is 11.0 Å². The van der Waals surface area contributed by atoms with Gasteiger partial charge in [-0.3, -0.25) is 19.7 Å². The molecule has 35 heavy (non-hydrogen) atoms. The number of fused-ring (bicyclic) bond motifs is 1. The Morgan fingerprint density at radius 1 is 1.09 bits per heavy atom. The maximum atomic E-state index is 12.3. The normalized spacial score (nSPS) is 20.0. The summed E-state index contributed by atoms with van der Waals surface area (Å²) >= 11 is 0. The molecule has 1 amide bonds. The molecule has 2 aromatic heterocycles. The number of carbonyl (C=O) groups is 3. The van der Waals surface area contributed by atoms with E-state index in [-0.39, 0.29) is 48.2 Å². The zero-order valence-corrected chi connectivity index (χ0v) is 21.2. The van der Waals surface area contributed by atoms with E-state index in [0.29, 0.717) is 23.3 Å². The Hall–Kier alpha value is -3.21. The van der Waals surface area contributed by atoms with E-state index in [1.165, 1.54) is 7.11 Å². The fourth-order valence-corrected chi connectivity index (χ4v) is 3.47. The van der Waals surface area contributed by atoms with E-state index in [4.69, 9.17) is 18.9 Å². The summed E-state index contributed by atoms with van der Waals surface area (Å²) in [5.74, 6) is -1.40. The predicted molar refractivity (Wildman–Crippen MR) is 127 cm³/mol. The standard InChI is InChI=1S/C24H34N4O7/c1-12(2)20(29)26-24-25-19-15(21(27-24)32-7)8-9-28(19)18-10-16(35-23(31)14(5)6)17(34-18)11-33-22(30)13(3)4/h8-9,12-14,16-18H,10-11H2,1-7H3,(H,25,26,27,29)/t16-,17+,18?/m0/s1. The van der Waals surface area contributed by atoms with Crippen molar-refractivity contribution in [3.8, 4) is 5.88 Å². The van der Waals surface area contributed by atoms with Crippen LogP contribution in [0.1, 0.15) is 54.2 Å². The minimum Gasteiger partial charge on any atom is -0.480 e. The van der Waals surface area contributed by atoms with Gasteiger partial charge in [0.2, 0.25) is 17.7 Å². The molecule has 1 saturated heterocycles. The highest BCUT2D eigenvalue weighted by atomic mass is 16.6. The van der Waals surface area contributed by atoms with Crippen LogP contribution in [0, 0.1) is 17.8 Å². The molecule has 3 heterocycles. The quantitative estimate of drug-likeness (QED) is 0.527. The van der Waals surface area contributed by atoms with E-state index in [9.17, 15) is 14.4 Å². The zero-order valence-electron chi connectivity index (χ0n) is 21.2. The van der Waals surface area contributed by atoms with E-state index in [1.807, 2.05) is 0 Å². The minimum absolute atomic E-state index is 0.0449. The van der Waals surface area contributed by atoms with Gasteiger partial charge in [-0.1, -0.05) is 41.5 Å². The molecular weight excluding hydrogens is 456 g/mol. The zero-order chi connectivity index (χ0) is 25.9. The van der Waals surface area contributed by atoms with Crippen LogP contribution >= 0.6 is 0 Å². The molecule has 3 atom stereocenters. The molecule has 0 aliphatic carbocycles. The van der Waals surface area contributed by atoms with Crippen molar-refractivity contribution in [3.05, 3.63) is 12.3 Å². The molecule has 192 valence electrons. The van der Waals surface area contributed by atoms with Crippen molar-refractivity contribution < 1.29 is 33.3 Å². The number of rotatable bonds is 9. The first-order valence-electron chi connectivity index (χ1n) is 11.8. The van der Waals surface area contributed by atoms with Crippen molar-refractivity contribution in [1.29, 1.82) is 0 Å². The first kappa shape index (κ1) is 26.4. The van der Waals surface area contributed by atoms with E-state index in [1.54, 1.807) is 58.4 Å². The number of carbonyl (C=O) groups excluding carboxylic acids is 3. The van der Waals surface area contributed by atoms with Gasteiger partial charge in [0.15, 0.2) is 5.65 Å². The molecule has 0 bridgehead atoms. The van der Waals surface area contributed by atoms with Crippen LogP contribution in [-0.2, 0) is 28.6 Å². The molecule has 1 aliphatic heterocycles. The first-order valence-corrected chi connectivity index (χ1v) is 11.8. The Kier molecular flexibility index (Phi) is 8.31. The van der Waals surface area contributed by atoms with Crippen LogP contribution in [0.5, 0.6) is 5.88 Å². The smallest absolute Gasteiger partial charge is 0.308 e. The van der Waals surface area contributed by atoms with Crippen LogP contribution in [0.4, 0.5) is 5.95 Å². The number of ether oxygens (including phenoxy) is 4. The number of amides is 1. The van der Waals surface area contributed by atoms with Gasteiger partial charge >= 0.3 is 11.9 Å². The Labute approximate surface area is 204 Å². The Morgan fingerprint density at radius 2 is 1.77 bits per heavy atom. The molecule has 0 aromatic carbocycles. The molecule has 0 saturated carbocycles. The minimum atomic E-state index is -0.647. The number of esters is 2.